The number of nitrogens with zero attached hydrogens (tertiary/aromatic N) is 1. The number of benzene rings is 1. The summed E-state index contributed by atoms with van der Waals surface area (Å²) in [6.45, 7) is 8.40. The van der Waals surface area contributed by atoms with Crippen molar-refractivity contribution in [1.29, 1.82) is 0 Å². The molecule has 1 unspecified atom stereocenters. The Balaban J connectivity index is 2.00. The van der Waals surface area contributed by atoms with Crippen molar-refractivity contribution in [3.05, 3.63) is 35.4 Å². The molecule has 2 rings (SSSR count). The molecule has 2 heteroatoms. The summed E-state index contributed by atoms with van der Waals surface area (Å²) in [5, 5.41) is 0. The van der Waals surface area contributed by atoms with E-state index in [0.29, 0.717) is 11.8 Å². The summed E-state index contributed by atoms with van der Waals surface area (Å²) in [6, 6.07) is 8.64. The first-order chi connectivity index (χ1) is 10.1. The van der Waals surface area contributed by atoms with Crippen LogP contribution in [-0.4, -0.2) is 23.9 Å². The molecule has 0 aliphatic carbocycles. The van der Waals surface area contributed by atoms with Gasteiger partial charge in [0.15, 0.2) is 0 Å². The number of amides is 1. The van der Waals surface area contributed by atoms with Crippen LogP contribution in [0.25, 0.3) is 0 Å². The molecule has 1 aromatic rings. The molecule has 1 fully saturated rings. The van der Waals surface area contributed by atoms with Gasteiger partial charge in [-0.05, 0) is 43.2 Å². The Hall–Kier alpha value is -1.31. The molecule has 1 aromatic carbocycles. The number of carbonyl (C=O) groups excluding carboxylic acids is 1. The van der Waals surface area contributed by atoms with E-state index in [9.17, 15) is 4.79 Å². The first kappa shape index (κ1) is 16.1. The number of likely N-dealkylation sites (tertiary alicyclic amines) is 1. The normalized spacial score (nSPS) is 17.6. The van der Waals surface area contributed by atoms with Crippen molar-refractivity contribution < 1.29 is 4.79 Å². The zero-order valence-electron chi connectivity index (χ0n) is 13.8. The lowest BCUT2D eigenvalue weighted by atomic mass is 9.96. The Kier molecular flexibility index (Phi) is 5.84. The molecule has 1 atom stereocenters. The van der Waals surface area contributed by atoms with Crippen molar-refractivity contribution in [2.45, 2.75) is 58.8 Å². The van der Waals surface area contributed by atoms with Crippen molar-refractivity contribution in [3.8, 4) is 0 Å². The van der Waals surface area contributed by atoms with E-state index < -0.39 is 0 Å². The molecule has 1 saturated heterocycles. The van der Waals surface area contributed by atoms with Gasteiger partial charge < -0.3 is 4.90 Å². The van der Waals surface area contributed by atoms with Gasteiger partial charge in [0, 0.05) is 13.1 Å². The highest BCUT2D eigenvalue weighted by molar-refractivity contribution is 5.83. The number of hydrogen-bond acceptors (Lipinski definition) is 1. The van der Waals surface area contributed by atoms with Gasteiger partial charge in [0.1, 0.15) is 0 Å². The average Bonchev–Trinajstić information content (AvgIpc) is 2.75. The monoisotopic (exact) mass is 287 g/mol. The highest BCUT2D eigenvalue weighted by Crippen LogP contribution is 2.21. The minimum Gasteiger partial charge on any atom is -0.342 e. The highest BCUT2D eigenvalue weighted by atomic mass is 16.2. The maximum Gasteiger partial charge on any atom is 0.229 e. The fraction of sp³-hybridized carbons (Fsp3) is 0.632. The van der Waals surface area contributed by atoms with Crippen LogP contribution in [-0.2, 0) is 11.2 Å². The lowest BCUT2D eigenvalue weighted by Gasteiger charge is -2.24. The topological polar surface area (TPSA) is 20.3 Å². The van der Waals surface area contributed by atoms with Crippen LogP contribution in [0.4, 0.5) is 0 Å². The zero-order valence-corrected chi connectivity index (χ0v) is 13.8. The van der Waals surface area contributed by atoms with Crippen molar-refractivity contribution in [2.75, 3.05) is 13.1 Å². The Morgan fingerprint density at radius 3 is 2.10 bits per heavy atom. The summed E-state index contributed by atoms with van der Waals surface area (Å²) in [5.74, 6) is 0.955. The van der Waals surface area contributed by atoms with E-state index in [1.807, 2.05) is 6.92 Å². The number of rotatable bonds is 4. The second-order valence-electron chi connectivity index (χ2n) is 6.80. The third kappa shape index (κ3) is 4.59. The summed E-state index contributed by atoms with van der Waals surface area (Å²) in [7, 11) is 0. The second kappa shape index (κ2) is 7.63. The van der Waals surface area contributed by atoms with Gasteiger partial charge in [0.05, 0.1) is 5.92 Å². The molecule has 1 aliphatic rings. The molecule has 0 saturated carbocycles. The van der Waals surface area contributed by atoms with E-state index >= 15 is 0 Å². The van der Waals surface area contributed by atoms with Crippen LogP contribution in [0.3, 0.4) is 0 Å². The van der Waals surface area contributed by atoms with Gasteiger partial charge in [0.2, 0.25) is 5.91 Å². The molecule has 1 aliphatic heterocycles. The molecule has 2 nitrogen and oxygen atoms in total. The van der Waals surface area contributed by atoms with Gasteiger partial charge in [-0.15, -0.1) is 0 Å². The van der Waals surface area contributed by atoms with Gasteiger partial charge in [-0.1, -0.05) is 51.0 Å². The molecular weight excluding hydrogens is 258 g/mol. The van der Waals surface area contributed by atoms with Gasteiger partial charge >= 0.3 is 0 Å². The second-order valence-corrected chi connectivity index (χ2v) is 6.80. The Bertz CT molecular complexity index is 441. The molecule has 1 amide bonds. The standard InChI is InChI=1S/C19H29NO/c1-15(2)14-17-8-10-18(11-9-17)16(3)19(21)20-12-6-4-5-7-13-20/h8-11,15-16H,4-7,12-14H2,1-3H3. The minimum atomic E-state index is -0.0174. The molecule has 21 heavy (non-hydrogen) atoms. The van der Waals surface area contributed by atoms with E-state index in [1.165, 1.54) is 18.4 Å². The Morgan fingerprint density at radius 2 is 1.57 bits per heavy atom. The van der Waals surface area contributed by atoms with E-state index in [1.54, 1.807) is 0 Å². The van der Waals surface area contributed by atoms with Crippen LogP contribution < -0.4 is 0 Å². The summed E-state index contributed by atoms with van der Waals surface area (Å²) < 4.78 is 0. The third-order valence-corrected chi connectivity index (χ3v) is 4.41. The quantitative estimate of drug-likeness (QED) is 0.804. The van der Waals surface area contributed by atoms with E-state index in [0.717, 1.165) is 37.9 Å². The number of hydrogen-bond donors (Lipinski definition) is 0. The Morgan fingerprint density at radius 1 is 1.00 bits per heavy atom. The first-order valence-corrected chi connectivity index (χ1v) is 8.45. The van der Waals surface area contributed by atoms with Crippen molar-refractivity contribution in [2.24, 2.45) is 5.92 Å². The molecular formula is C19H29NO. The number of carbonyl (C=O) groups is 1. The fourth-order valence-corrected chi connectivity index (χ4v) is 3.12. The molecule has 0 N–H and O–H groups in total. The molecule has 0 spiro atoms. The average molecular weight is 287 g/mol. The molecule has 116 valence electrons. The Labute approximate surface area is 129 Å². The van der Waals surface area contributed by atoms with Crippen LogP contribution in [0.1, 0.15) is 63.5 Å². The van der Waals surface area contributed by atoms with Crippen LogP contribution in [0, 0.1) is 5.92 Å². The lowest BCUT2D eigenvalue weighted by Crippen LogP contribution is -2.35. The third-order valence-electron chi connectivity index (χ3n) is 4.41. The molecule has 0 bridgehead atoms. The maximum atomic E-state index is 12.6. The molecule has 0 aromatic heterocycles. The maximum absolute atomic E-state index is 12.6. The summed E-state index contributed by atoms with van der Waals surface area (Å²) >= 11 is 0. The van der Waals surface area contributed by atoms with Gasteiger partial charge in [-0.25, -0.2) is 0 Å². The zero-order chi connectivity index (χ0) is 15.2. The fourth-order valence-electron chi connectivity index (χ4n) is 3.12. The predicted octanol–water partition coefficient (Wildman–Crippen LogP) is 4.39. The van der Waals surface area contributed by atoms with Gasteiger partial charge in [0.25, 0.3) is 0 Å². The SMILES string of the molecule is CC(C)Cc1ccc(C(C)C(=O)N2CCCCCC2)cc1. The van der Waals surface area contributed by atoms with Crippen LogP contribution in [0.5, 0.6) is 0 Å². The van der Waals surface area contributed by atoms with E-state index in [-0.39, 0.29) is 5.92 Å². The van der Waals surface area contributed by atoms with Crippen molar-refractivity contribution in [3.63, 3.8) is 0 Å². The highest BCUT2D eigenvalue weighted by Gasteiger charge is 2.22. The van der Waals surface area contributed by atoms with Crippen LogP contribution in [0.15, 0.2) is 24.3 Å². The van der Waals surface area contributed by atoms with E-state index in [2.05, 4.69) is 43.0 Å². The van der Waals surface area contributed by atoms with Crippen LogP contribution >= 0.6 is 0 Å². The van der Waals surface area contributed by atoms with Gasteiger partial charge in [-0.2, -0.15) is 0 Å². The first-order valence-electron chi connectivity index (χ1n) is 8.45. The van der Waals surface area contributed by atoms with E-state index in [4.69, 9.17) is 0 Å². The summed E-state index contributed by atoms with van der Waals surface area (Å²) in [5.41, 5.74) is 2.51. The summed E-state index contributed by atoms with van der Waals surface area (Å²) in [6.07, 6.45) is 5.95. The minimum absolute atomic E-state index is 0.0174. The largest absolute Gasteiger partial charge is 0.342 e. The molecule has 0 radical (unpaired) electrons. The van der Waals surface area contributed by atoms with Gasteiger partial charge in [-0.3, -0.25) is 4.79 Å². The molecule has 1 heterocycles. The predicted molar refractivity (Wildman–Crippen MR) is 88.4 cm³/mol. The van der Waals surface area contributed by atoms with Crippen molar-refractivity contribution in [1.82, 2.24) is 4.90 Å². The summed E-state index contributed by atoms with van der Waals surface area (Å²) in [4.78, 5) is 14.7. The van der Waals surface area contributed by atoms with Crippen LogP contribution in [0.2, 0.25) is 0 Å². The lowest BCUT2D eigenvalue weighted by molar-refractivity contribution is -0.132. The smallest absolute Gasteiger partial charge is 0.229 e. The van der Waals surface area contributed by atoms with Crippen molar-refractivity contribution >= 4 is 5.91 Å².